The Morgan fingerprint density at radius 1 is 1.40 bits per heavy atom. The summed E-state index contributed by atoms with van der Waals surface area (Å²) in [5.74, 6) is -0.676. The fourth-order valence-electron chi connectivity index (χ4n) is 0.990. The molecule has 0 bridgehead atoms. The molecule has 0 aromatic heterocycles. The number of hydrogen-bond acceptors (Lipinski definition) is 2. The van der Waals surface area contributed by atoms with Crippen molar-refractivity contribution in [3.8, 4) is 0 Å². The molecular formula is C9H6BrF3O2. The van der Waals surface area contributed by atoms with Gasteiger partial charge in [0.25, 0.3) is 0 Å². The lowest BCUT2D eigenvalue weighted by Crippen LogP contribution is -2.08. The maximum atomic E-state index is 12.3. The van der Waals surface area contributed by atoms with Gasteiger partial charge >= 0.3 is 12.1 Å². The van der Waals surface area contributed by atoms with Gasteiger partial charge in [0.15, 0.2) is 0 Å². The van der Waals surface area contributed by atoms with Crippen LogP contribution in [0, 0.1) is 0 Å². The number of ether oxygens (including phenoxy) is 1. The molecule has 0 aliphatic carbocycles. The first-order valence-corrected chi connectivity index (χ1v) is 4.60. The van der Waals surface area contributed by atoms with Gasteiger partial charge in [-0.2, -0.15) is 13.2 Å². The van der Waals surface area contributed by atoms with E-state index in [1.165, 1.54) is 0 Å². The van der Waals surface area contributed by atoms with Gasteiger partial charge in [0.1, 0.15) is 0 Å². The average Bonchev–Trinajstić information content (AvgIpc) is 2.14. The van der Waals surface area contributed by atoms with Crippen LogP contribution in [-0.2, 0) is 10.9 Å². The molecule has 0 N–H and O–H groups in total. The van der Waals surface area contributed by atoms with Crippen molar-refractivity contribution in [1.29, 1.82) is 0 Å². The molecule has 0 atom stereocenters. The molecule has 1 aromatic carbocycles. The van der Waals surface area contributed by atoms with E-state index in [2.05, 4.69) is 20.7 Å². The summed E-state index contributed by atoms with van der Waals surface area (Å²) in [7, 11) is 1.16. The van der Waals surface area contributed by atoms with Crippen LogP contribution < -0.4 is 0 Å². The largest absolute Gasteiger partial charge is 0.465 e. The lowest BCUT2D eigenvalue weighted by atomic mass is 10.1. The second kappa shape index (κ2) is 4.22. The molecule has 0 spiro atoms. The smallest absolute Gasteiger partial charge is 0.417 e. The van der Waals surface area contributed by atoms with Crippen molar-refractivity contribution in [2.45, 2.75) is 6.18 Å². The number of carbonyl (C=O) groups is 1. The number of halogens is 4. The highest BCUT2D eigenvalue weighted by Crippen LogP contribution is 2.35. The second-order valence-corrected chi connectivity index (χ2v) is 3.54. The van der Waals surface area contributed by atoms with Crippen LogP contribution in [-0.4, -0.2) is 13.1 Å². The molecule has 0 unspecified atom stereocenters. The first-order chi connectivity index (χ1) is 6.86. The molecule has 0 saturated heterocycles. The number of benzene rings is 1. The predicted octanol–water partition coefficient (Wildman–Crippen LogP) is 3.25. The van der Waals surface area contributed by atoms with Gasteiger partial charge in [-0.3, -0.25) is 0 Å². The second-order valence-electron chi connectivity index (χ2n) is 2.68. The molecule has 0 fully saturated rings. The normalized spacial score (nSPS) is 11.3. The summed E-state index contributed by atoms with van der Waals surface area (Å²) < 4.78 is 41.1. The van der Waals surface area contributed by atoms with E-state index < -0.39 is 17.7 Å². The van der Waals surface area contributed by atoms with Crippen LogP contribution in [0.5, 0.6) is 0 Å². The Kier molecular flexibility index (Phi) is 3.38. The summed E-state index contributed by atoms with van der Waals surface area (Å²) in [5.41, 5.74) is -0.757. The van der Waals surface area contributed by atoms with Crippen LogP contribution in [0.25, 0.3) is 0 Å². The Labute approximate surface area is 92.2 Å². The van der Waals surface area contributed by atoms with Gasteiger partial charge in [-0.05, 0) is 18.2 Å². The number of methoxy groups -OCH3 is 1. The summed E-state index contributed by atoms with van der Waals surface area (Å²) in [5, 5.41) is 0. The number of carbonyl (C=O) groups excluding carboxylic acids is 1. The average molecular weight is 283 g/mol. The summed E-state index contributed by atoms with van der Waals surface area (Å²) in [6, 6.07) is 2.98. The molecule has 6 heteroatoms. The zero-order valence-electron chi connectivity index (χ0n) is 7.56. The van der Waals surface area contributed by atoms with Gasteiger partial charge < -0.3 is 4.74 Å². The van der Waals surface area contributed by atoms with E-state index in [-0.39, 0.29) is 10.0 Å². The van der Waals surface area contributed by atoms with Crippen LogP contribution in [0.2, 0.25) is 0 Å². The predicted molar refractivity (Wildman–Crippen MR) is 50.5 cm³/mol. The van der Waals surface area contributed by atoms with Crippen molar-refractivity contribution >= 4 is 21.9 Å². The van der Waals surface area contributed by atoms with Crippen LogP contribution >= 0.6 is 15.9 Å². The van der Waals surface area contributed by atoms with E-state index >= 15 is 0 Å². The zero-order chi connectivity index (χ0) is 11.6. The van der Waals surface area contributed by atoms with Crippen molar-refractivity contribution < 1.29 is 22.7 Å². The molecule has 0 amide bonds. The molecule has 0 radical (unpaired) electrons. The summed E-state index contributed by atoms with van der Waals surface area (Å²) in [6.45, 7) is 0. The molecule has 0 heterocycles. The third-order valence-corrected chi connectivity index (χ3v) is 2.35. The molecule has 2 nitrogen and oxygen atoms in total. The Bertz CT molecular complexity index is 387. The first-order valence-electron chi connectivity index (χ1n) is 3.81. The summed E-state index contributed by atoms with van der Waals surface area (Å²) in [6.07, 6.45) is -4.44. The Morgan fingerprint density at radius 2 is 2.00 bits per heavy atom. The molecule has 0 saturated carbocycles. The number of esters is 1. The van der Waals surface area contributed by atoms with E-state index in [1.54, 1.807) is 0 Å². The molecule has 82 valence electrons. The number of alkyl halides is 3. The Hall–Kier alpha value is -1.04. The highest BCUT2D eigenvalue weighted by Gasteiger charge is 2.33. The first kappa shape index (κ1) is 12.0. The molecule has 15 heavy (non-hydrogen) atoms. The Balaban J connectivity index is 3.15. The van der Waals surface area contributed by atoms with E-state index in [0.29, 0.717) is 0 Å². The lowest BCUT2D eigenvalue weighted by Gasteiger charge is -2.09. The van der Waals surface area contributed by atoms with Gasteiger partial charge in [0, 0.05) is 4.47 Å². The summed E-state index contributed by atoms with van der Waals surface area (Å²) >= 11 is 2.75. The van der Waals surface area contributed by atoms with Gasteiger partial charge in [-0.25, -0.2) is 4.79 Å². The van der Waals surface area contributed by atoms with E-state index in [9.17, 15) is 18.0 Å². The van der Waals surface area contributed by atoms with Gasteiger partial charge in [0.2, 0.25) is 0 Å². The van der Waals surface area contributed by atoms with Crippen molar-refractivity contribution in [2.24, 2.45) is 0 Å². The minimum atomic E-state index is -4.44. The highest BCUT2D eigenvalue weighted by molar-refractivity contribution is 9.10. The topological polar surface area (TPSA) is 26.3 Å². The number of hydrogen-bond donors (Lipinski definition) is 0. The minimum absolute atomic E-state index is 0.0670. The molecular weight excluding hydrogens is 277 g/mol. The Morgan fingerprint density at radius 3 is 2.40 bits per heavy atom. The third-order valence-electron chi connectivity index (χ3n) is 1.70. The maximum absolute atomic E-state index is 12.3. The van der Waals surface area contributed by atoms with Crippen LogP contribution in [0.1, 0.15) is 15.9 Å². The van der Waals surface area contributed by atoms with E-state index in [0.717, 1.165) is 25.3 Å². The fourth-order valence-corrected chi connectivity index (χ4v) is 1.59. The van der Waals surface area contributed by atoms with E-state index in [4.69, 9.17) is 0 Å². The zero-order valence-corrected chi connectivity index (χ0v) is 9.15. The molecule has 1 rings (SSSR count). The van der Waals surface area contributed by atoms with Gasteiger partial charge in [-0.15, -0.1) is 0 Å². The third kappa shape index (κ3) is 2.71. The van der Waals surface area contributed by atoms with Crippen LogP contribution in [0.3, 0.4) is 0 Å². The quantitative estimate of drug-likeness (QED) is 0.739. The van der Waals surface area contributed by atoms with E-state index in [1.807, 2.05) is 0 Å². The van der Waals surface area contributed by atoms with Crippen molar-refractivity contribution in [3.05, 3.63) is 33.8 Å². The van der Waals surface area contributed by atoms with Gasteiger partial charge in [0.05, 0.1) is 18.2 Å². The minimum Gasteiger partial charge on any atom is -0.465 e. The molecule has 0 aliphatic heterocycles. The maximum Gasteiger partial charge on any atom is 0.417 e. The van der Waals surface area contributed by atoms with Crippen molar-refractivity contribution in [3.63, 3.8) is 0 Å². The SMILES string of the molecule is COC(=O)c1ccc(C(F)(F)F)c(Br)c1. The standard InChI is InChI=1S/C9H6BrF3O2/c1-15-8(14)5-2-3-6(7(10)4-5)9(11,12)13/h2-4H,1H3. The lowest BCUT2D eigenvalue weighted by molar-refractivity contribution is -0.138. The molecule has 0 aliphatic rings. The number of rotatable bonds is 1. The van der Waals surface area contributed by atoms with Crippen molar-refractivity contribution in [1.82, 2.24) is 0 Å². The monoisotopic (exact) mass is 282 g/mol. The van der Waals surface area contributed by atoms with Crippen LogP contribution in [0.4, 0.5) is 13.2 Å². The highest BCUT2D eigenvalue weighted by atomic mass is 79.9. The van der Waals surface area contributed by atoms with Crippen LogP contribution in [0.15, 0.2) is 22.7 Å². The van der Waals surface area contributed by atoms with Gasteiger partial charge in [-0.1, -0.05) is 15.9 Å². The summed E-state index contributed by atoms with van der Waals surface area (Å²) in [4.78, 5) is 11.0. The molecule has 1 aromatic rings. The van der Waals surface area contributed by atoms with Crippen molar-refractivity contribution in [2.75, 3.05) is 7.11 Å². The fraction of sp³-hybridized carbons (Fsp3) is 0.222.